The van der Waals surface area contributed by atoms with E-state index in [0.717, 1.165) is 6.42 Å². The predicted molar refractivity (Wildman–Crippen MR) is 68.7 cm³/mol. The fraction of sp³-hybridized carbons (Fsp3) is 0.462. The number of benzene rings is 1. The summed E-state index contributed by atoms with van der Waals surface area (Å²) in [6.07, 6.45) is 0.886. The Bertz CT molecular complexity index is 448. The summed E-state index contributed by atoms with van der Waals surface area (Å²) >= 11 is 0. The van der Waals surface area contributed by atoms with Crippen LogP contribution in [-0.2, 0) is 4.74 Å². The van der Waals surface area contributed by atoms with Gasteiger partial charge in [0.1, 0.15) is 5.75 Å². The van der Waals surface area contributed by atoms with Crippen LogP contribution in [0.25, 0.3) is 0 Å². The molecule has 1 aliphatic heterocycles. The molecule has 98 valence electrons. The Labute approximate surface area is 106 Å². The molecule has 2 unspecified atom stereocenters. The molecular formula is C13H18N2O3. The van der Waals surface area contributed by atoms with Crippen molar-refractivity contribution in [3.05, 3.63) is 23.8 Å². The van der Waals surface area contributed by atoms with Gasteiger partial charge in [0.15, 0.2) is 0 Å². The molecular weight excluding hydrogens is 232 g/mol. The fourth-order valence-electron chi connectivity index (χ4n) is 2.04. The van der Waals surface area contributed by atoms with E-state index in [1.165, 1.54) is 0 Å². The van der Waals surface area contributed by atoms with Gasteiger partial charge in [0.2, 0.25) is 0 Å². The first-order valence-corrected chi connectivity index (χ1v) is 5.98. The molecule has 1 fully saturated rings. The number of carbonyl (C=O) groups excluding carboxylic acids is 1. The lowest BCUT2D eigenvalue weighted by Crippen LogP contribution is -2.39. The summed E-state index contributed by atoms with van der Waals surface area (Å²) in [5, 5.41) is 2.94. The van der Waals surface area contributed by atoms with Gasteiger partial charge in [-0.2, -0.15) is 0 Å². The van der Waals surface area contributed by atoms with E-state index in [4.69, 9.17) is 15.2 Å². The zero-order chi connectivity index (χ0) is 13.1. The molecule has 0 saturated carbocycles. The molecule has 0 bridgehead atoms. The van der Waals surface area contributed by atoms with Crippen molar-refractivity contribution in [2.45, 2.75) is 25.5 Å². The first-order valence-electron chi connectivity index (χ1n) is 5.98. The largest absolute Gasteiger partial charge is 0.497 e. The zero-order valence-electron chi connectivity index (χ0n) is 10.6. The van der Waals surface area contributed by atoms with E-state index in [1.807, 2.05) is 6.92 Å². The second-order valence-corrected chi connectivity index (χ2v) is 4.40. The number of hydrogen-bond donors (Lipinski definition) is 2. The number of nitrogens with one attached hydrogen (secondary N) is 1. The van der Waals surface area contributed by atoms with Gasteiger partial charge in [0.25, 0.3) is 5.91 Å². The average molecular weight is 250 g/mol. The predicted octanol–water partition coefficient (Wildman–Crippen LogP) is 1.18. The van der Waals surface area contributed by atoms with Gasteiger partial charge in [-0.15, -0.1) is 0 Å². The van der Waals surface area contributed by atoms with Crippen molar-refractivity contribution in [2.24, 2.45) is 0 Å². The number of methoxy groups -OCH3 is 1. The molecule has 1 aromatic rings. The summed E-state index contributed by atoms with van der Waals surface area (Å²) in [6, 6.07) is 5.09. The smallest absolute Gasteiger partial charge is 0.253 e. The molecule has 5 heteroatoms. The van der Waals surface area contributed by atoms with E-state index in [0.29, 0.717) is 23.6 Å². The maximum atomic E-state index is 12.1. The molecule has 1 heterocycles. The van der Waals surface area contributed by atoms with Crippen LogP contribution in [0.1, 0.15) is 23.7 Å². The Morgan fingerprint density at radius 3 is 2.89 bits per heavy atom. The van der Waals surface area contributed by atoms with Gasteiger partial charge < -0.3 is 20.5 Å². The highest BCUT2D eigenvalue weighted by Crippen LogP contribution is 2.20. The van der Waals surface area contributed by atoms with Crippen LogP contribution < -0.4 is 15.8 Å². The Balaban J connectivity index is 2.09. The van der Waals surface area contributed by atoms with Crippen molar-refractivity contribution in [3.8, 4) is 5.75 Å². The van der Waals surface area contributed by atoms with Crippen LogP contribution in [-0.4, -0.2) is 31.8 Å². The van der Waals surface area contributed by atoms with Crippen LogP contribution in [0.3, 0.4) is 0 Å². The monoisotopic (exact) mass is 250 g/mol. The summed E-state index contributed by atoms with van der Waals surface area (Å²) in [4.78, 5) is 12.1. The molecule has 1 saturated heterocycles. The van der Waals surface area contributed by atoms with Gasteiger partial charge in [0, 0.05) is 18.4 Å². The first-order chi connectivity index (χ1) is 8.61. The lowest BCUT2D eigenvalue weighted by Gasteiger charge is -2.16. The summed E-state index contributed by atoms with van der Waals surface area (Å²) in [5.74, 6) is 0.471. The molecule has 0 radical (unpaired) electrons. The molecule has 0 aliphatic carbocycles. The normalized spacial score (nSPS) is 22.8. The van der Waals surface area contributed by atoms with Crippen LogP contribution in [0.2, 0.25) is 0 Å². The maximum Gasteiger partial charge on any atom is 0.253 e. The number of nitrogen functional groups attached to an aromatic ring is 1. The average Bonchev–Trinajstić information content (AvgIpc) is 2.74. The second kappa shape index (κ2) is 5.27. The quantitative estimate of drug-likeness (QED) is 0.790. The number of anilines is 1. The van der Waals surface area contributed by atoms with Crippen LogP contribution in [0.5, 0.6) is 5.75 Å². The van der Waals surface area contributed by atoms with E-state index in [-0.39, 0.29) is 18.1 Å². The van der Waals surface area contributed by atoms with Crippen molar-refractivity contribution in [1.29, 1.82) is 0 Å². The minimum absolute atomic E-state index is 0.0495. The van der Waals surface area contributed by atoms with Crippen LogP contribution in [0.15, 0.2) is 18.2 Å². The van der Waals surface area contributed by atoms with Crippen LogP contribution in [0, 0.1) is 0 Å². The second-order valence-electron chi connectivity index (χ2n) is 4.40. The Hall–Kier alpha value is -1.75. The standard InChI is InChI=1S/C13H18N2O3/c1-8-12(5-6-18-8)15-13(16)10-4-3-9(17-2)7-11(10)14/h3-4,7-8,12H,5-6,14H2,1-2H3,(H,15,16). The summed E-state index contributed by atoms with van der Waals surface area (Å²) in [5.41, 5.74) is 6.72. The molecule has 1 amide bonds. The molecule has 5 nitrogen and oxygen atoms in total. The molecule has 0 aromatic heterocycles. The lowest BCUT2D eigenvalue weighted by molar-refractivity contribution is 0.0867. The number of nitrogens with two attached hydrogens (primary N) is 1. The molecule has 1 aromatic carbocycles. The summed E-state index contributed by atoms with van der Waals surface area (Å²) < 4.78 is 10.5. The molecule has 2 atom stereocenters. The number of rotatable bonds is 3. The van der Waals surface area contributed by atoms with Gasteiger partial charge in [-0.3, -0.25) is 4.79 Å². The first kappa shape index (κ1) is 12.7. The van der Waals surface area contributed by atoms with Gasteiger partial charge in [-0.1, -0.05) is 0 Å². The molecule has 1 aliphatic rings. The van der Waals surface area contributed by atoms with Crippen molar-refractivity contribution >= 4 is 11.6 Å². The molecule has 2 rings (SSSR count). The lowest BCUT2D eigenvalue weighted by atomic mass is 10.1. The van der Waals surface area contributed by atoms with E-state index < -0.39 is 0 Å². The van der Waals surface area contributed by atoms with Crippen LogP contribution in [0.4, 0.5) is 5.69 Å². The molecule has 3 N–H and O–H groups in total. The van der Waals surface area contributed by atoms with E-state index in [9.17, 15) is 4.79 Å². The van der Waals surface area contributed by atoms with Gasteiger partial charge >= 0.3 is 0 Å². The minimum atomic E-state index is -0.169. The third-order valence-corrected chi connectivity index (χ3v) is 3.20. The molecule has 18 heavy (non-hydrogen) atoms. The SMILES string of the molecule is COc1ccc(C(=O)NC2CCOC2C)c(N)c1. The maximum absolute atomic E-state index is 12.1. The third kappa shape index (κ3) is 2.56. The Morgan fingerprint density at radius 1 is 1.56 bits per heavy atom. The van der Waals surface area contributed by atoms with Gasteiger partial charge in [-0.05, 0) is 25.5 Å². The van der Waals surface area contributed by atoms with E-state index >= 15 is 0 Å². The number of carbonyl (C=O) groups is 1. The van der Waals surface area contributed by atoms with Crippen molar-refractivity contribution < 1.29 is 14.3 Å². The number of amides is 1. The summed E-state index contributed by atoms with van der Waals surface area (Å²) in [6.45, 7) is 2.64. The Morgan fingerprint density at radius 2 is 2.33 bits per heavy atom. The third-order valence-electron chi connectivity index (χ3n) is 3.20. The summed E-state index contributed by atoms with van der Waals surface area (Å²) in [7, 11) is 1.56. The number of ether oxygens (including phenoxy) is 2. The number of hydrogen-bond acceptors (Lipinski definition) is 4. The van der Waals surface area contributed by atoms with Crippen LogP contribution >= 0.6 is 0 Å². The van der Waals surface area contributed by atoms with E-state index in [2.05, 4.69) is 5.32 Å². The van der Waals surface area contributed by atoms with E-state index in [1.54, 1.807) is 25.3 Å². The topological polar surface area (TPSA) is 73.6 Å². The Kier molecular flexibility index (Phi) is 3.72. The fourth-order valence-corrected chi connectivity index (χ4v) is 2.04. The molecule has 0 spiro atoms. The van der Waals surface area contributed by atoms with Gasteiger partial charge in [-0.25, -0.2) is 0 Å². The van der Waals surface area contributed by atoms with Gasteiger partial charge in [0.05, 0.1) is 24.8 Å². The highest BCUT2D eigenvalue weighted by Gasteiger charge is 2.26. The zero-order valence-corrected chi connectivity index (χ0v) is 10.6. The highest BCUT2D eigenvalue weighted by molar-refractivity contribution is 5.99. The van der Waals surface area contributed by atoms with Crippen molar-refractivity contribution in [2.75, 3.05) is 19.5 Å². The van der Waals surface area contributed by atoms with Crippen molar-refractivity contribution in [3.63, 3.8) is 0 Å². The minimum Gasteiger partial charge on any atom is -0.497 e. The highest BCUT2D eigenvalue weighted by atomic mass is 16.5. The van der Waals surface area contributed by atoms with Crippen molar-refractivity contribution in [1.82, 2.24) is 5.32 Å².